The van der Waals surface area contributed by atoms with Crippen molar-refractivity contribution >= 4 is 53.0 Å². The van der Waals surface area contributed by atoms with Gasteiger partial charge in [0.25, 0.3) is 5.91 Å². The standard InChI is InChI=1S/C23H21F2N5O2S2.ClH/c24-14-5-1-12(2-6-14)9-27-21(31)15-7-18-19(8-16(15)25)33-11-17(26)23(32)30(18)10-20-28-29-22(34-20)13-3-4-13;/h1-2,5-8,13,17H,3-4,9-11,26H2,(H,27,31);1H/t17-;/m0./s1. The minimum absolute atomic E-state index is 0. The molecule has 0 bridgehead atoms. The molecule has 1 aromatic heterocycles. The smallest absolute Gasteiger partial charge is 0.254 e. The van der Waals surface area contributed by atoms with Crippen LogP contribution in [0.15, 0.2) is 41.3 Å². The third-order valence-corrected chi connectivity index (χ3v) is 7.89. The van der Waals surface area contributed by atoms with Crippen LogP contribution >= 0.6 is 35.5 Å². The predicted octanol–water partition coefficient (Wildman–Crippen LogP) is 4.01. The normalized spacial score (nSPS) is 17.4. The van der Waals surface area contributed by atoms with E-state index < -0.39 is 17.8 Å². The summed E-state index contributed by atoms with van der Waals surface area (Å²) in [6.07, 6.45) is 2.19. The lowest BCUT2D eigenvalue weighted by Crippen LogP contribution is -2.44. The fourth-order valence-electron chi connectivity index (χ4n) is 3.62. The van der Waals surface area contributed by atoms with E-state index in [2.05, 4.69) is 15.5 Å². The Morgan fingerprint density at radius 2 is 1.91 bits per heavy atom. The SMILES string of the molecule is Cl.N[C@H]1CSc2cc(F)c(C(=O)NCc3ccc(F)cc3)cc2N(Cc2nnc(C3CC3)s2)C1=O. The van der Waals surface area contributed by atoms with E-state index in [1.54, 1.807) is 12.1 Å². The highest BCUT2D eigenvalue weighted by atomic mass is 35.5. The van der Waals surface area contributed by atoms with Crippen LogP contribution in [-0.2, 0) is 17.9 Å². The molecule has 2 aliphatic rings. The first-order chi connectivity index (χ1) is 16.4. The largest absolute Gasteiger partial charge is 0.348 e. The molecular formula is C23H22ClF2N5O2S2. The summed E-state index contributed by atoms with van der Waals surface area (Å²) < 4.78 is 28.0. The van der Waals surface area contributed by atoms with Crippen LogP contribution in [0.1, 0.15) is 44.7 Å². The number of carbonyl (C=O) groups is 2. The Morgan fingerprint density at radius 1 is 1.17 bits per heavy atom. The maximum atomic E-state index is 14.9. The number of aromatic nitrogens is 2. The summed E-state index contributed by atoms with van der Waals surface area (Å²) in [5.41, 5.74) is 6.98. The fourth-order valence-corrected chi connectivity index (χ4v) is 5.62. The fraction of sp³-hybridized carbons (Fsp3) is 0.304. The van der Waals surface area contributed by atoms with Crippen molar-refractivity contribution < 1.29 is 18.4 Å². The number of hydrogen-bond donors (Lipinski definition) is 2. The minimum atomic E-state index is -0.771. The van der Waals surface area contributed by atoms with Crippen LogP contribution in [0.4, 0.5) is 14.5 Å². The zero-order valence-electron chi connectivity index (χ0n) is 18.4. The number of benzene rings is 2. The number of anilines is 1. The first-order valence-corrected chi connectivity index (χ1v) is 12.6. The Hall–Kier alpha value is -2.60. The van der Waals surface area contributed by atoms with Gasteiger partial charge in [-0.05, 0) is 42.7 Å². The third-order valence-electron chi connectivity index (χ3n) is 5.65. The molecule has 1 aliphatic carbocycles. The summed E-state index contributed by atoms with van der Waals surface area (Å²) in [5.74, 6) is -1.30. The molecule has 3 aromatic rings. The molecule has 3 N–H and O–H groups in total. The average molecular weight is 538 g/mol. The number of thioether (sulfide) groups is 1. The predicted molar refractivity (Wildman–Crippen MR) is 133 cm³/mol. The van der Waals surface area contributed by atoms with E-state index in [1.807, 2.05) is 0 Å². The minimum Gasteiger partial charge on any atom is -0.348 e. The van der Waals surface area contributed by atoms with Crippen LogP contribution in [0.3, 0.4) is 0 Å². The average Bonchev–Trinajstić information content (AvgIpc) is 3.59. The highest BCUT2D eigenvalue weighted by molar-refractivity contribution is 7.99. The van der Waals surface area contributed by atoms with Crippen LogP contribution in [0.2, 0.25) is 0 Å². The van der Waals surface area contributed by atoms with E-state index in [9.17, 15) is 18.4 Å². The van der Waals surface area contributed by atoms with Crippen LogP contribution in [0.25, 0.3) is 0 Å². The van der Waals surface area contributed by atoms with Crippen molar-refractivity contribution in [3.63, 3.8) is 0 Å². The van der Waals surface area contributed by atoms with Gasteiger partial charge < -0.3 is 16.0 Å². The van der Waals surface area contributed by atoms with Crippen LogP contribution < -0.4 is 16.0 Å². The molecule has 2 amide bonds. The summed E-state index contributed by atoms with van der Waals surface area (Å²) in [5, 5.41) is 12.7. The molecule has 7 nitrogen and oxygen atoms in total. The van der Waals surface area contributed by atoms with Gasteiger partial charge in [0.2, 0.25) is 5.91 Å². The van der Waals surface area contributed by atoms with Gasteiger partial charge in [-0.25, -0.2) is 8.78 Å². The number of hydrogen-bond acceptors (Lipinski definition) is 7. The lowest BCUT2D eigenvalue weighted by molar-refractivity contribution is -0.119. The number of carbonyl (C=O) groups excluding carboxylic acids is 2. The lowest BCUT2D eigenvalue weighted by Gasteiger charge is -2.23. The molecule has 0 radical (unpaired) electrons. The summed E-state index contributed by atoms with van der Waals surface area (Å²) in [7, 11) is 0. The van der Waals surface area contributed by atoms with Crippen molar-refractivity contribution in [2.45, 2.75) is 42.8 Å². The molecule has 1 saturated carbocycles. The Morgan fingerprint density at radius 3 is 2.63 bits per heavy atom. The van der Waals surface area contributed by atoms with Gasteiger partial charge in [-0.1, -0.05) is 23.5 Å². The van der Waals surface area contributed by atoms with E-state index >= 15 is 0 Å². The van der Waals surface area contributed by atoms with Gasteiger partial charge >= 0.3 is 0 Å². The molecule has 184 valence electrons. The molecule has 2 aromatic carbocycles. The first-order valence-electron chi connectivity index (χ1n) is 10.8. The number of fused-ring (bicyclic) bond motifs is 1. The van der Waals surface area contributed by atoms with E-state index in [-0.39, 0.29) is 42.8 Å². The highest BCUT2D eigenvalue weighted by Crippen LogP contribution is 2.42. The Balaban J connectivity index is 0.00000289. The monoisotopic (exact) mass is 537 g/mol. The van der Waals surface area contributed by atoms with Crippen molar-refractivity contribution in [3.05, 3.63) is 69.2 Å². The number of halogens is 3. The van der Waals surface area contributed by atoms with E-state index in [0.717, 1.165) is 17.8 Å². The zero-order chi connectivity index (χ0) is 23.8. The molecule has 1 fully saturated rings. The molecule has 35 heavy (non-hydrogen) atoms. The molecule has 0 saturated heterocycles. The maximum Gasteiger partial charge on any atom is 0.254 e. The number of nitrogens with one attached hydrogen (secondary N) is 1. The van der Waals surface area contributed by atoms with E-state index in [4.69, 9.17) is 5.73 Å². The highest BCUT2D eigenvalue weighted by Gasteiger charge is 2.32. The lowest BCUT2D eigenvalue weighted by atomic mass is 10.1. The first kappa shape index (κ1) is 25.5. The molecule has 12 heteroatoms. The Kier molecular flexibility index (Phi) is 7.70. The van der Waals surface area contributed by atoms with Gasteiger partial charge in [0.1, 0.15) is 21.6 Å². The van der Waals surface area contributed by atoms with Crippen molar-refractivity contribution in [2.24, 2.45) is 5.73 Å². The van der Waals surface area contributed by atoms with E-state index in [0.29, 0.717) is 32.8 Å². The molecule has 1 atom stereocenters. The number of amides is 2. The van der Waals surface area contributed by atoms with Gasteiger partial charge in [-0.15, -0.1) is 34.4 Å². The molecule has 5 rings (SSSR count). The van der Waals surface area contributed by atoms with Crippen molar-refractivity contribution in [1.82, 2.24) is 15.5 Å². The number of nitrogens with zero attached hydrogens (tertiary/aromatic N) is 3. The summed E-state index contributed by atoms with van der Waals surface area (Å²) in [4.78, 5) is 27.9. The van der Waals surface area contributed by atoms with Gasteiger partial charge in [-0.3, -0.25) is 9.59 Å². The quantitative estimate of drug-likeness (QED) is 0.493. The van der Waals surface area contributed by atoms with Crippen LogP contribution in [0.5, 0.6) is 0 Å². The van der Waals surface area contributed by atoms with Crippen LogP contribution in [-0.4, -0.2) is 33.8 Å². The van der Waals surface area contributed by atoms with Crippen molar-refractivity contribution in [1.29, 1.82) is 0 Å². The molecule has 1 aliphatic heterocycles. The maximum absolute atomic E-state index is 14.9. The number of nitrogens with two attached hydrogens (primary N) is 1. The topological polar surface area (TPSA) is 101 Å². The Bertz CT molecular complexity index is 1250. The molecule has 2 heterocycles. The van der Waals surface area contributed by atoms with Gasteiger partial charge in [0.05, 0.1) is 23.8 Å². The molecular weight excluding hydrogens is 516 g/mol. The van der Waals surface area contributed by atoms with Gasteiger partial charge in [0, 0.05) is 23.1 Å². The van der Waals surface area contributed by atoms with Gasteiger partial charge in [-0.2, -0.15) is 0 Å². The number of rotatable bonds is 6. The Labute approximate surface area is 214 Å². The van der Waals surface area contributed by atoms with Crippen molar-refractivity contribution in [2.75, 3.05) is 10.7 Å². The summed E-state index contributed by atoms with van der Waals surface area (Å²) in [6, 6.07) is 7.54. The van der Waals surface area contributed by atoms with Crippen LogP contribution in [0, 0.1) is 11.6 Å². The van der Waals surface area contributed by atoms with E-state index in [1.165, 1.54) is 52.3 Å². The molecule has 0 unspecified atom stereocenters. The summed E-state index contributed by atoms with van der Waals surface area (Å²) in [6.45, 7) is 0.249. The zero-order valence-corrected chi connectivity index (χ0v) is 20.8. The second-order valence-electron chi connectivity index (χ2n) is 8.26. The second-order valence-corrected chi connectivity index (χ2v) is 10.4. The third kappa shape index (κ3) is 5.64. The van der Waals surface area contributed by atoms with Gasteiger partial charge in [0.15, 0.2) is 0 Å². The molecule has 0 spiro atoms. The second kappa shape index (κ2) is 10.6. The van der Waals surface area contributed by atoms with Crippen molar-refractivity contribution in [3.8, 4) is 0 Å². The summed E-state index contributed by atoms with van der Waals surface area (Å²) >= 11 is 2.73.